The molecule has 5 atom stereocenters. The number of aryl methyl sites for hydroxylation is 1. The molecule has 11 heteroatoms. The Morgan fingerprint density at radius 2 is 1.69 bits per heavy atom. The van der Waals surface area contributed by atoms with Crippen LogP contribution in [0.15, 0.2) is 109 Å². The number of hydrogen-bond donors (Lipinski definition) is 1. The third kappa shape index (κ3) is 6.04. The second-order valence-electron chi connectivity index (χ2n) is 15.4. The molecule has 3 aliphatic heterocycles. The Labute approximate surface area is 317 Å². The third-order valence-corrected chi connectivity index (χ3v) is 16.5. The first kappa shape index (κ1) is 35.9. The van der Waals surface area contributed by atoms with Crippen LogP contribution in [-0.4, -0.2) is 66.4 Å². The molecule has 2 saturated heterocycles. The van der Waals surface area contributed by atoms with Gasteiger partial charge in [-0.3, -0.25) is 14.3 Å². The van der Waals surface area contributed by atoms with Crippen molar-refractivity contribution in [2.45, 2.75) is 69.1 Å². The summed E-state index contributed by atoms with van der Waals surface area (Å²) in [6.07, 6.45) is 2.89. The Kier molecular flexibility index (Phi) is 9.49. The summed E-state index contributed by atoms with van der Waals surface area (Å²) in [6, 6.07) is 34.3. The van der Waals surface area contributed by atoms with Crippen LogP contribution in [0.1, 0.15) is 48.1 Å². The van der Waals surface area contributed by atoms with Crippen molar-refractivity contribution in [2.24, 2.45) is 5.92 Å². The zero-order chi connectivity index (χ0) is 37.6. The Hall–Kier alpha value is -5.10. The summed E-state index contributed by atoms with van der Waals surface area (Å²) in [7, 11) is -0.653. The van der Waals surface area contributed by atoms with Crippen LogP contribution in [0.2, 0.25) is 18.6 Å². The van der Waals surface area contributed by atoms with Gasteiger partial charge in [-0.05, 0) is 53.4 Å². The molecule has 4 heterocycles. The van der Waals surface area contributed by atoms with Crippen molar-refractivity contribution in [3.8, 4) is 5.75 Å². The normalized spacial score (nSPS) is 22.8. The van der Waals surface area contributed by atoms with Gasteiger partial charge in [0.1, 0.15) is 5.75 Å². The van der Waals surface area contributed by atoms with Crippen LogP contribution in [0.4, 0.5) is 11.4 Å². The van der Waals surface area contributed by atoms with E-state index in [0.29, 0.717) is 31.6 Å². The lowest BCUT2D eigenvalue weighted by atomic mass is 9.82. The molecule has 278 valence electrons. The number of aliphatic hydroxyl groups excluding tert-OH is 1. The second-order valence-corrected chi connectivity index (χ2v) is 20.1. The van der Waals surface area contributed by atoms with Crippen molar-refractivity contribution in [1.29, 1.82) is 0 Å². The molecule has 1 spiro atoms. The summed E-state index contributed by atoms with van der Waals surface area (Å²) in [5, 5.41) is 20.5. The monoisotopic (exact) mass is 741 g/mol. The van der Waals surface area contributed by atoms with Crippen LogP contribution >= 0.6 is 0 Å². The topological polar surface area (TPSA) is 110 Å². The van der Waals surface area contributed by atoms with Gasteiger partial charge in [-0.1, -0.05) is 103 Å². The molecule has 54 heavy (non-hydrogen) atoms. The number of anilines is 2. The lowest BCUT2D eigenvalue weighted by Crippen LogP contribution is -2.51. The number of hydrogen-bond acceptors (Lipinski definition) is 7. The number of methoxy groups -OCH3 is 1. The lowest BCUT2D eigenvalue weighted by Gasteiger charge is -2.37. The fourth-order valence-corrected chi connectivity index (χ4v) is 13.2. The van der Waals surface area contributed by atoms with E-state index in [4.69, 9.17) is 9.47 Å². The van der Waals surface area contributed by atoms with Gasteiger partial charge in [0.2, 0.25) is 5.91 Å². The Morgan fingerprint density at radius 1 is 0.963 bits per heavy atom. The molecule has 0 radical (unpaired) electrons. The summed E-state index contributed by atoms with van der Waals surface area (Å²) in [5.41, 5.74) is 4.27. The molecule has 2 amide bonds. The van der Waals surface area contributed by atoms with E-state index in [1.807, 2.05) is 101 Å². The zero-order valence-electron chi connectivity index (χ0n) is 31.3. The molecule has 3 aliphatic rings. The molecule has 0 saturated carbocycles. The van der Waals surface area contributed by atoms with Gasteiger partial charge in [0.25, 0.3) is 5.91 Å². The number of benzene rings is 4. The maximum absolute atomic E-state index is 15.1. The smallest absolute Gasteiger partial charge is 0.264 e. The van der Waals surface area contributed by atoms with E-state index in [1.54, 1.807) is 12.0 Å². The average Bonchev–Trinajstić information content (AvgIpc) is 3.85. The molecule has 0 aliphatic carbocycles. The van der Waals surface area contributed by atoms with Crippen LogP contribution in [0.5, 0.6) is 5.75 Å². The molecular weight excluding hydrogens is 695 g/mol. The van der Waals surface area contributed by atoms with Gasteiger partial charge in [0.05, 0.1) is 51.7 Å². The number of carbonyl (C=O) groups excluding carboxylic acids is 2. The summed E-state index contributed by atoms with van der Waals surface area (Å²) < 4.78 is 14.7. The number of rotatable bonds is 12. The number of carbonyl (C=O) groups is 2. The highest BCUT2D eigenvalue weighted by molar-refractivity contribution is 6.91. The first-order valence-corrected chi connectivity index (χ1v) is 21.9. The molecule has 1 N–H and O–H groups in total. The Morgan fingerprint density at radius 3 is 2.35 bits per heavy atom. The predicted octanol–water partition coefficient (Wildman–Crippen LogP) is 6.00. The van der Waals surface area contributed by atoms with E-state index in [1.165, 1.54) is 5.19 Å². The highest BCUT2D eigenvalue weighted by atomic mass is 28.3. The summed E-state index contributed by atoms with van der Waals surface area (Å²) in [5.74, 6) is 0.505. The quantitative estimate of drug-likeness (QED) is 0.123. The minimum Gasteiger partial charge on any atom is -0.497 e. The largest absolute Gasteiger partial charge is 0.497 e. The minimum absolute atomic E-state index is 0.0399. The highest BCUT2D eigenvalue weighted by Gasteiger charge is 2.66. The molecule has 10 nitrogen and oxygen atoms in total. The van der Waals surface area contributed by atoms with Gasteiger partial charge in [0.15, 0.2) is 5.60 Å². The van der Waals surface area contributed by atoms with Crippen LogP contribution in [0, 0.1) is 5.92 Å². The van der Waals surface area contributed by atoms with E-state index in [2.05, 4.69) is 48.5 Å². The van der Waals surface area contributed by atoms with Gasteiger partial charge < -0.3 is 24.4 Å². The number of ether oxygens (including phenoxy) is 2. The SMILES string of the molecule is COc1ccc([Si](C)(C)[C@@H]2[C@@H](CCn3cc(C(CO)c4ccccc4)nn3)O[C@]3(C(=O)N(Cc4ccc(N5CCC5=O)cc4)c4ccccc43)[C@H]2C)cc1. The van der Waals surface area contributed by atoms with Gasteiger partial charge >= 0.3 is 0 Å². The fraction of sp³-hybridized carbons (Fsp3) is 0.349. The van der Waals surface area contributed by atoms with Gasteiger partial charge in [-0.25, -0.2) is 0 Å². The highest BCUT2D eigenvalue weighted by Crippen LogP contribution is 2.60. The maximum atomic E-state index is 15.1. The summed E-state index contributed by atoms with van der Waals surface area (Å²) >= 11 is 0. The van der Waals surface area contributed by atoms with Gasteiger partial charge in [-0.2, -0.15) is 0 Å². The van der Waals surface area contributed by atoms with Crippen molar-refractivity contribution >= 4 is 36.4 Å². The van der Waals surface area contributed by atoms with Crippen molar-refractivity contribution in [2.75, 3.05) is 30.1 Å². The minimum atomic E-state index is -2.33. The van der Waals surface area contributed by atoms with Crippen LogP contribution < -0.4 is 19.7 Å². The molecule has 4 aromatic carbocycles. The number of fused-ring (bicyclic) bond motifs is 2. The van der Waals surface area contributed by atoms with Gasteiger partial charge in [-0.15, -0.1) is 5.10 Å². The molecular formula is C43H47N5O5Si. The number of amides is 2. The number of para-hydroxylation sites is 1. The summed E-state index contributed by atoms with van der Waals surface area (Å²) in [6.45, 7) is 8.59. The van der Waals surface area contributed by atoms with E-state index >= 15 is 4.79 Å². The number of aromatic nitrogens is 3. The fourth-order valence-electron chi connectivity index (χ4n) is 9.14. The molecule has 1 unspecified atom stereocenters. The van der Waals surface area contributed by atoms with Crippen LogP contribution in [0.3, 0.4) is 0 Å². The first-order valence-electron chi connectivity index (χ1n) is 18.8. The van der Waals surface area contributed by atoms with Crippen molar-refractivity contribution in [3.05, 3.63) is 132 Å². The third-order valence-electron chi connectivity index (χ3n) is 12.1. The van der Waals surface area contributed by atoms with E-state index in [0.717, 1.165) is 40.4 Å². The zero-order valence-corrected chi connectivity index (χ0v) is 32.3. The van der Waals surface area contributed by atoms with Gasteiger partial charge in [0, 0.05) is 42.9 Å². The van der Waals surface area contributed by atoms with Crippen LogP contribution in [-0.2, 0) is 33.0 Å². The standard InChI is InChI=1S/C43H47N5O5Si/c1-29-41(54(3,4)34-20-18-33(52-2)19-21-34)39(22-24-46-27-37(44-45-46)35(28-49)31-10-6-5-7-11-31)53-43(29)36-12-8-9-13-38(36)48(42(43)51)26-30-14-16-32(17-15-30)47-25-23-40(47)50/h5-21,27,29,35,39,41,49H,22-26,28H2,1-4H3/t29-,35?,39+,41-,43+/m0/s1. The molecule has 5 aromatic rings. The number of β-lactam (4-membered cyclic amide) rings is 1. The van der Waals surface area contributed by atoms with E-state index in [9.17, 15) is 9.90 Å². The first-order chi connectivity index (χ1) is 26.1. The molecule has 1 aromatic heterocycles. The summed E-state index contributed by atoms with van der Waals surface area (Å²) in [4.78, 5) is 30.9. The van der Waals surface area contributed by atoms with Crippen LogP contribution in [0.25, 0.3) is 0 Å². The number of nitrogens with zero attached hydrogens (tertiary/aromatic N) is 5. The van der Waals surface area contributed by atoms with Crippen molar-refractivity contribution in [3.63, 3.8) is 0 Å². The second kappa shape index (κ2) is 14.3. The molecule has 0 bridgehead atoms. The molecule has 8 rings (SSSR count). The van der Waals surface area contributed by atoms with Crippen molar-refractivity contribution < 1.29 is 24.2 Å². The molecule has 2 fully saturated rings. The maximum Gasteiger partial charge on any atom is 0.264 e. The Balaban J connectivity index is 1.12. The van der Waals surface area contributed by atoms with Crippen molar-refractivity contribution in [1.82, 2.24) is 15.0 Å². The Bertz CT molecular complexity index is 2140. The predicted molar refractivity (Wildman–Crippen MR) is 211 cm³/mol. The van der Waals surface area contributed by atoms with E-state index in [-0.39, 0.29) is 41.9 Å². The number of aliphatic hydroxyl groups is 1. The average molecular weight is 742 g/mol. The van der Waals surface area contributed by atoms with E-state index < -0.39 is 13.7 Å². The lowest BCUT2D eigenvalue weighted by molar-refractivity contribution is -0.146.